The highest BCUT2D eigenvalue weighted by molar-refractivity contribution is 5.95. The molecule has 5 nitrogen and oxygen atoms in total. The third-order valence-electron chi connectivity index (χ3n) is 2.60. The lowest BCUT2D eigenvalue weighted by molar-refractivity contribution is 0.0572. The maximum Gasteiger partial charge on any atom is 0.192 e. The quantitative estimate of drug-likeness (QED) is 0.573. The van der Waals surface area contributed by atoms with E-state index in [-0.39, 0.29) is 12.3 Å². The fourth-order valence-electron chi connectivity index (χ4n) is 1.77. The standard InChI is InChI=1S/C10H14N2O3/c13-8(7-2-1-3-11-7)4-12-5-9(14)10(15)6-12/h1-3,9-11,14-15H,4-6H2. The number of aromatic nitrogens is 1. The molecule has 1 aromatic heterocycles. The number of ketones is 1. The summed E-state index contributed by atoms with van der Waals surface area (Å²) in [6.45, 7) is 0.940. The number of aliphatic hydroxyl groups is 2. The lowest BCUT2D eigenvalue weighted by atomic mass is 10.3. The number of Topliss-reactive ketones (excluding diaryl/α,β-unsaturated/α-hetero) is 1. The molecular formula is C10H14N2O3. The highest BCUT2D eigenvalue weighted by atomic mass is 16.3. The van der Waals surface area contributed by atoms with Gasteiger partial charge in [0, 0.05) is 19.3 Å². The fraction of sp³-hybridized carbons (Fsp3) is 0.500. The maximum absolute atomic E-state index is 11.6. The molecule has 3 N–H and O–H groups in total. The van der Waals surface area contributed by atoms with E-state index in [1.807, 2.05) is 0 Å². The molecule has 0 bridgehead atoms. The van der Waals surface area contributed by atoms with Gasteiger partial charge in [-0.1, -0.05) is 0 Å². The Morgan fingerprint density at radius 1 is 1.47 bits per heavy atom. The minimum Gasteiger partial charge on any atom is -0.389 e. The van der Waals surface area contributed by atoms with Crippen molar-refractivity contribution in [2.24, 2.45) is 0 Å². The van der Waals surface area contributed by atoms with Crippen molar-refractivity contribution in [1.82, 2.24) is 9.88 Å². The van der Waals surface area contributed by atoms with Gasteiger partial charge < -0.3 is 15.2 Å². The molecule has 0 spiro atoms. The van der Waals surface area contributed by atoms with Crippen molar-refractivity contribution >= 4 is 5.78 Å². The van der Waals surface area contributed by atoms with Gasteiger partial charge in [0.1, 0.15) is 0 Å². The first-order chi connectivity index (χ1) is 7.16. The van der Waals surface area contributed by atoms with Crippen molar-refractivity contribution in [2.75, 3.05) is 19.6 Å². The first-order valence-corrected chi connectivity index (χ1v) is 4.92. The van der Waals surface area contributed by atoms with Gasteiger partial charge in [0.25, 0.3) is 0 Å². The first-order valence-electron chi connectivity index (χ1n) is 4.92. The molecule has 0 amide bonds. The van der Waals surface area contributed by atoms with E-state index in [0.29, 0.717) is 18.8 Å². The molecule has 1 aliphatic rings. The number of nitrogens with zero attached hydrogens (tertiary/aromatic N) is 1. The highest BCUT2D eigenvalue weighted by Crippen LogP contribution is 2.10. The topological polar surface area (TPSA) is 76.6 Å². The van der Waals surface area contributed by atoms with Crippen molar-refractivity contribution in [3.63, 3.8) is 0 Å². The van der Waals surface area contributed by atoms with Crippen molar-refractivity contribution in [2.45, 2.75) is 12.2 Å². The molecule has 2 atom stereocenters. The van der Waals surface area contributed by atoms with Crippen molar-refractivity contribution in [3.8, 4) is 0 Å². The van der Waals surface area contributed by atoms with Gasteiger partial charge in [-0.3, -0.25) is 9.69 Å². The maximum atomic E-state index is 11.6. The van der Waals surface area contributed by atoms with E-state index in [2.05, 4.69) is 4.98 Å². The molecule has 2 unspecified atom stereocenters. The molecule has 1 aromatic rings. The SMILES string of the molecule is O=C(CN1CC(O)C(O)C1)c1ccc[nH]1. The summed E-state index contributed by atoms with van der Waals surface area (Å²) in [6, 6.07) is 3.48. The molecule has 0 aliphatic carbocycles. The number of nitrogens with one attached hydrogen (secondary N) is 1. The van der Waals surface area contributed by atoms with E-state index in [9.17, 15) is 15.0 Å². The van der Waals surface area contributed by atoms with E-state index in [0.717, 1.165) is 0 Å². The summed E-state index contributed by atoms with van der Waals surface area (Å²) in [5.41, 5.74) is 0.561. The Morgan fingerprint density at radius 2 is 2.13 bits per heavy atom. The number of carbonyl (C=O) groups is 1. The number of aliphatic hydroxyl groups excluding tert-OH is 2. The normalized spacial score (nSPS) is 27.1. The van der Waals surface area contributed by atoms with Crippen LogP contribution in [-0.2, 0) is 0 Å². The Labute approximate surface area is 87.3 Å². The van der Waals surface area contributed by atoms with E-state index in [1.165, 1.54) is 0 Å². The van der Waals surface area contributed by atoms with Gasteiger partial charge in [-0.2, -0.15) is 0 Å². The summed E-state index contributed by atoms with van der Waals surface area (Å²) in [6.07, 6.45) is 0.226. The Hall–Kier alpha value is -1.17. The molecule has 0 saturated carbocycles. The molecule has 0 aromatic carbocycles. The number of hydrogen-bond acceptors (Lipinski definition) is 4. The largest absolute Gasteiger partial charge is 0.389 e. The third-order valence-corrected chi connectivity index (χ3v) is 2.60. The molecule has 15 heavy (non-hydrogen) atoms. The molecule has 1 aliphatic heterocycles. The van der Waals surface area contributed by atoms with E-state index in [4.69, 9.17) is 0 Å². The average molecular weight is 210 g/mol. The number of aromatic amines is 1. The van der Waals surface area contributed by atoms with Gasteiger partial charge in [-0.05, 0) is 12.1 Å². The summed E-state index contributed by atoms with van der Waals surface area (Å²) in [5, 5.41) is 18.6. The molecular weight excluding hydrogens is 196 g/mol. The number of likely N-dealkylation sites (tertiary alicyclic amines) is 1. The van der Waals surface area contributed by atoms with Crippen molar-refractivity contribution in [3.05, 3.63) is 24.0 Å². The Morgan fingerprint density at radius 3 is 2.67 bits per heavy atom. The monoisotopic (exact) mass is 210 g/mol. The molecule has 0 radical (unpaired) electrons. The zero-order valence-electron chi connectivity index (χ0n) is 8.26. The Bertz CT molecular complexity index is 326. The molecule has 1 fully saturated rings. The first kappa shape index (κ1) is 10.4. The van der Waals surface area contributed by atoms with Crippen molar-refractivity contribution in [1.29, 1.82) is 0 Å². The molecule has 2 rings (SSSR count). The van der Waals surface area contributed by atoms with Crippen LogP contribution >= 0.6 is 0 Å². The Balaban J connectivity index is 1.91. The van der Waals surface area contributed by atoms with E-state index < -0.39 is 12.2 Å². The number of H-pyrrole nitrogens is 1. The zero-order chi connectivity index (χ0) is 10.8. The fourth-order valence-corrected chi connectivity index (χ4v) is 1.77. The average Bonchev–Trinajstić information content (AvgIpc) is 2.77. The third kappa shape index (κ3) is 2.26. The molecule has 2 heterocycles. The second-order valence-electron chi connectivity index (χ2n) is 3.84. The van der Waals surface area contributed by atoms with Crippen LogP contribution in [0, 0.1) is 0 Å². The number of rotatable bonds is 3. The molecule has 1 saturated heterocycles. The van der Waals surface area contributed by atoms with Crippen LogP contribution in [0.1, 0.15) is 10.5 Å². The van der Waals surface area contributed by atoms with Crippen molar-refractivity contribution < 1.29 is 15.0 Å². The minimum atomic E-state index is -0.735. The summed E-state index contributed by atoms with van der Waals surface area (Å²) < 4.78 is 0. The van der Waals surface area contributed by atoms with Gasteiger partial charge in [0.2, 0.25) is 0 Å². The van der Waals surface area contributed by atoms with Crippen LogP contribution in [0.15, 0.2) is 18.3 Å². The summed E-state index contributed by atoms with van der Waals surface area (Å²) >= 11 is 0. The van der Waals surface area contributed by atoms with E-state index >= 15 is 0 Å². The second-order valence-corrected chi connectivity index (χ2v) is 3.84. The van der Waals surface area contributed by atoms with Crippen LogP contribution in [0.2, 0.25) is 0 Å². The Kier molecular flexibility index (Phi) is 2.86. The number of β-amino-alcohol motifs (C(OH)–C–C–N with tert-alkyl or cyclic N) is 2. The lowest BCUT2D eigenvalue weighted by Gasteiger charge is -2.12. The van der Waals surface area contributed by atoms with Crippen LogP contribution in [0.4, 0.5) is 0 Å². The predicted molar refractivity (Wildman–Crippen MR) is 53.6 cm³/mol. The van der Waals surface area contributed by atoms with Crippen LogP contribution in [-0.4, -0.2) is 57.7 Å². The second kappa shape index (κ2) is 4.14. The van der Waals surface area contributed by atoms with E-state index in [1.54, 1.807) is 23.2 Å². The number of carbonyl (C=O) groups excluding carboxylic acids is 1. The van der Waals surface area contributed by atoms with Crippen LogP contribution in [0.3, 0.4) is 0 Å². The van der Waals surface area contributed by atoms with Gasteiger partial charge >= 0.3 is 0 Å². The number of hydrogen-bond donors (Lipinski definition) is 3. The summed E-state index contributed by atoms with van der Waals surface area (Å²) in [7, 11) is 0. The molecule has 82 valence electrons. The van der Waals surface area contributed by atoms with Gasteiger partial charge in [0.05, 0.1) is 24.4 Å². The summed E-state index contributed by atoms with van der Waals surface area (Å²) in [5.74, 6) is -0.0266. The van der Waals surface area contributed by atoms with Crippen LogP contribution in [0.5, 0.6) is 0 Å². The smallest absolute Gasteiger partial charge is 0.192 e. The molecule has 5 heteroatoms. The zero-order valence-corrected chi connectivity index (χ0v) is 8.26. The van der Waals surface area contributed by atoms with Gasteiger partial charge in [0.15, 0.2) is 5.78 Å². The highest BCUT2D eigenvalue weighted by Gasteiger charge is 2.30. The van der Waals surface area contributed by atoms with Crippen LogP contribution < -0.4 is 0 Å². The predicted octanol–water partition coefficient (Wildman–Crippen LogP) is -0.765. The minimum absolute atomic E-state index is 0.0266. The van der Waals surface area contributed by atoms with Gasteiger partial charge in [-0.25, -0.2) is 0 Å². The van der Waals surface area contributed by atoms with Crippen LogP contribution in [0.25, 0.3) is 0 Å². The lowest BCUT2D eigenvalue weighted by Crippen LogP contribution is -2.29. The summed E-state index contributed by atoms with van der Waals surface area (Å²) in [4.78, 5) is 16.2. The van der Waals surface area contributed by atoms with Gasteiger partial charge in [-0.15, -0.1) is 0 Å².